The number of anilines is 1. The summed E-state index contributed by atoms with van der Waals surface area (Å²) in [5, 5.41) is 11.9. The molecule has 0 radical (unpaired) electrons. The Hall–Kier alpha value is -2.27. The summed E-state index contributed by atoms with van der Waals surface area (Å²) in [5.41, 5.74) is 0.922. The number of carbonyl (C=O) groups is 1. The van der Waals surface area contributed by atoms with Gasteiger partial charge in [0.25, 0.3) is 5.91 Å². The highest BCUT2D eigenvalue weighted by molar-refractivity contribution is 6.30. The molecule has 2 aromatic rings. The molecule has 2 rings (SSSR count). The number of phenols is 1. The molecule has 0 fully saturated rings. The van der Waals surface area contributed by atoms with Crippen molar-refractivity contribution in [1.82, 2.24) is 0 Å². The first kappa shape index (κ1) is 18.1. The molecular weight excluding hydrogens is 333 g/mol. The maximum absolute atomic E-state index is 13.7. The molecule has 0 spiro atoms. The van der Waals surface area contributed by atoms with Crippen LogP contribution in [0.25, 0.3) is 0 Å². The minimum atomic E-state index is -0.599. The Bertz CT molecular complexity index is 739. The number of aromatic hydroxyl groups is 1. The Morgan fingerprint density at radius 1 is 1.25 bits per heavy atom. The van der Waals surface area contributed by atoms with E-state index in [9.17, 15) is 14.3 Å². The molecule has 128 valence electrons. The van der Waals surface area contributed by atoms with E-state index in [2.05, 4.69) is 5.32 Å². The molecule has 0 bridgehead atoms. The van der Waals surface area contributed by atoms with Gasteiger partial charge >= 0.3 is 0 Å². The molecule has 0 saturated heterocycles. The monoisotopic (exact) mass is 351 g/mol. The van der Waals surface area contributed by atoms with Crippen LogP contribution in [0, 0.1) is 5.82 Å². The maximum atomic E-state index is 13.7. The van der Waals surface area contributed by atoms with Crippen molar-refractivity contribution in [2.24, 2.45) is 0 Å². The molecule has 6 heteroatoms. The van der Waals surface area contributed by atoms with Crippen LogP contribution in [0.15, 0.2) is 36.4 Å². The number of hydrogen-bond acceptors (Lipinski definition) is 3. The van der Waals surface area contributed by atoms with Gasteiger partial charge in [0.05, 0.1) is 5.02 Å². The van der Waals surface area contributed by atoms with Gasteiger partial charge in [-0.15, -0.1) is 0 Å². The van der Waals surface area contributed by atoms with E-state index in [-0.39, 0.29) is 28.5 Å². The standard InChI is InChI=1S/C18H19ClFNO3/c1-18(2,3)13-8-14(19)15(20)9-16(13)24-10-17(23)21-11-4-6-12(22)7-5-11/h4-9,22H,10H2,1-3H3,(H,21,23). The number of halogens is 2. The second kappa shape index (κ2) is 7.09. The molecule has 0 heterocycles. The summed E-state index contributed by atoms with van der Waals surface area (Å²) in [5.74, 6) is -0.601. The first-order valence-electron chi connectivity index (χ1n) is 7.38. The SMILES string of the molecule is CC(C)(C)c1cc(Cl)c(F)cc1OCC(=O)Nc1ccc(O)cc1. The molecule has 0 saturated carbocycles. The first-order chi connectivity index (χ1) is 11.2. The van der Waals surface area contributed by atoms with Crippen LogP contribution in [0.4, 0.5) is 10.1 Å². The molecule has 0 atom stereocenters. The van der Waals surface area contributed by atoms with Crippen LogP contribution in [0.5, 0.6) is 11.5 Å². The third-order valence-electron chi connectivity index (χ3n) is 3.34. The summed E-state index contributed by atoms with van der Waals surface area (Å²) in [7, 11) is 0. The number of rotatable bonds is 4. The van der Waals surface area contributed by atoms with Gasteiger partial charge in [-0.1, -0.05) is 32.4 Å². The smallest absolute Gasteiger partial charge is 0.262 e. The van der Waals surface area contributed by atoms with Gasteiger partial charge in [-0.3, -0.25) is 4.79 Å². The zero-order valence-corrected chi connectivity index (χ0v) is 14.4. The lowest BCUT2D eigenvalue weighted by Gasteiger charge is -2.23. The largest absolute Gasteiger partial charge is 0.508 e. The van der Waals surface area contributed by atoms with Crippen LogP contribution in [0.2, 0.25) is 5.02 Å². The van der Waals surface area contributed by atoms with E-state index in [0.717, 1.165) is 0 Å². The van der Waals surface area contributed by atoms with E-state index in [1.54, 1.807) is 12.1 Å². The summed E-state index contributed by atoms with van der Waals surface area (Å²) in [6.07, 6.45) is 0. The van der Waals surface area contributed by atoms with Gasteiger partial charge in [0, 0.05) is 17.3 Å². The fourth-order valence-electron chi connectivity index (χ4n) is 2.12. The Morgan fingerprint density at radius 2 is 1.88 bits per heavy atom. The number of phenolic OH excluding ortho intramolecular Hbond substituents is 1. The number of nitrogens with one attached hydrogen (secondary N) is 1. The molecule has 4 nitrogen and oxygen atoms in total. The molecule has 0 aliphatic rings. The van der Waals surface area contributed by atoms with Crippen molar-refractivity contribution in [3.63, 3.8) is 0 Å². The third-order valence-corrected chi connectivity index (χ3v) is 3.63. The average molecular weight is 352 g/mol. The van der Waals surface area contributed by atoms with E-state index >= 15 is 0 Å². The molecule has 2 N–H and O–H groups in total. The molecule has 0 aliphatic heterocycles. The van der Waals surface area contributed by atoms with Gasteiger partial charge < -0.3 is 15.2 Å². The normalized spacial score (nSPS) is 11.2. The van der Waals surface area contributed by atoms with E-state index in [4.69, 9.17) is 16.3 Å². The quantitative estimate of drug-likeness (QED) is 0.797. The topological polar surface area (TPSA) is 58.6 Å². The van der Waals surface area contributed by atoms with Crippen LogP contribution in [0.1, 0.15) is 26.3 Å². The Morgan fingerprint density at radius 3 is 2.46 bits per heavy atom. The summed E-state index contributed by atoms with van der Waals surface area (Å²) in [4.78, 5) is 12.0. The predicted octanol–water partition coefficient (Wildman–Crippen LogP) is 4.50. The van der Waals surface area contributed by atoms with Crippen molar-refractivity contribution in [2.75, 3.05) is 11.9 Å². The van der Waals surface area contributed by atoms with E-state index < -0.39 is 11.7 Å². The lowest BCUT2D eigenvalue weighted by Crippen LogP contribution is -2.22. The number of benzene rings is 2. The van der Waals surface area contributed by atoms with Gasteiger partial charge in [-0.05, 0) is 35.7 Å². The highest BCUT2D eigenvalue weighted by Crippen LogP contribution is 2.35. The van der Waals surface area contributed by atoms with Gasteiger partial charge in [-0.25, -0.2) is 4.39 Å². The molecule has 24 heavy (non-hydrogen) atoms. The lowest BCUT2D eigenvalue weighted by atomic mass is 9.86. The fraction of sp³-hybridized carbons (Fsp3) is 0.278. The second-order valence-corrected chi connectivity index (χ2v) is 6.80. The first-order valence-corrected chi connectivity index (χ1v) is 7.76. The zero-order valence-electron chi connectivity index (χ0n) is 13.7. The van der Waals surface area contributed by atoms with Crippen LogP contribution >= 0.6 is 11.6 Å². The predicted molar refractivity (Wildman–Crippen MR) is 92.3 cm³/mol. The lowest BCUT2D eigenvalue weighted by molar-refractivity contribution is -0.118. The van der Waals surface area contributed by atoms with Crippen molar-refractivity contribution < 1.29 is 19.0 Å². The van der Waals surface area contributed by atoms with Gasteiger partial charge in [0.15, 0.2) is 6.61 Å². The number of amides is 1. The highest BCUT2D eigenvalue weighted by atomic mass is 35.5. The summed E-state index contributed by atoms with van der Waals surface area (Å²) < 4.78 is 19.2. The third kappa shape index (κ3) is 4.61. The van der Waals surface area contributed by atoms with Gasteiger partial charge in [0.1, 0.15) is 17.3 Å². The van der Waals surface area contributed by atoms with Crippen molar-refractivity contribution >= 4 is 23.2 Å². The van der Waals surface area contributed by atoms with Gasteiger partial charge in [-0.2, -0.15) is 0 Å². The van der Waals surface area contributed by atoms with Crippen LogP contribution in [-0.2, 0) is 10.2 Å². The Labute approximate surface area is 145 Å². The second-order valence-electron chi connectivity index (χ2n) is 6.40. The summed E-state index contributed by atoms with van der Waals surface area (Å²) >= 11 is 5.84. The fourth-order valence-corrected chi connectivity index (χ4v) is 2.28. The summed E-state index contributed by atoms with van der Waals surface area (Å²) in [6, 6.07) is 8.76. The van der Waals surface area contributed by atoms with Gasteiger partial charge in [0.2, 0.25) is 0 Å². The average Bonchev–Trinajstić information content (AvgIpc) is 2.49. The van der Waals surface area contributed by atoms with Crippen LogP contribution in [0.3, 0.4) is 0 Å². The Kier molecular flexibility index (Phi) is 5.34. The van der Waals surface area contributed by atoms with Crippen molar-refractivity contribution in [3.8, 4) is 11.5 Å². The van der Waals surface area contributed by atoms with E-state index in [1.165, 1.54) is 24.3 Å². The molecule has 0 aliphatic carbocycles. The zero-order chi connectivity index (χ0) is 17.9. The number of carbonyl (C=O) groups excluding carboxylic acids is 1. The van der Waals surface area contributed by atoms with Crippen molar-refractivity contribution in [2.45, 2.75) is 26.2 Å². The van der Waals surface area contributed by atoms with Crippen molar-refractivity contribution in [3.05, 3.63) is 52.8 Å². The van der Waals surface area contributed by atoms with Crippen LogP contribution in [-0.4, -0.2) is 17.6 Å². The van der Waals surface area contributed by atoms with E-state index in [1.807, 2.05) is 20.8 Å². The maximum Gasteiger partial charge on any atom is 0.262 e. The minimum absolute atomic E-state index is 0.0146. The molecule has 0 aromatic heterocycles. The number of hydrogen-bond donors (Lipinski definition) is 2. The van der Waals surface area contributed by atoms with Crippen molar-refractivity contribution in [1.29, 1.82) is 0 Å². The highest BCUT2D eigenvalue weighted by Gasteiger charge is 2.22. The van der Waals surface area contributed by atoms with E-state index in [0.29, 0.717) is 11.3 Å². The summed E-state index contributed by atoms with van der Waals surface area (Å²) in [6.45, 7) is 5.56. The molecule has 0 unspecified atom stereocenters. The molecule has 1 amide bonds. The minimum Gasteiger partial charge on any atom is -0.508 e. The van der Waals surface area contributed by atoms with Crippen LogP contribution < -0.4 is 10.1 Å². The molecule has 2 aromatic carbocycles. The Balaban J connectivity index is 2.09. The molecular formula is C18H19ClFNO3. The number of ether oxygens (including phenoxy) is 1.